The van der Waals surface area contributed by atoms with Crippen LogP contribution in [0.4, 0.5) is 0 Å². The van der Waals surface area contributed by atoms with E-state index in [-0.39, 0.29) is 0 Å². The molecule has 114 valence electrons. The van der Waals surface area contributed by atoms with Crippen LogP contribution in [-0.2, 0) is 5.60 Å². The standard InChI is InChI=1S/C18H23ClO2/c1-12(2)9-13-5-4-8-18(20,11-13)16-10-14-6-3-7-15(19)17(14)21-16/h3,6-7,10,12-13,20H,4-5,8-9,11H2,1-2H3. The van der Waals surface area contributed by atoms with Gasteiger partial charge in [-0.2, -0.15) is 0 Å². The quantitative estimate of drug-likeness (QED) is 0.811. The van der Waals surface area contributed by atoms with Gasteiger partial charge in [-0.1, -0.05) is 44.0 Å². The summed E-state index contributed by atoms with van der Waals surface area (Å²) in [5, 5.41) is 12.7. The molecule has 0 spiro atoms. The molecule has 0 amide bonds. The van der Waals surface area contributed by atoms with Gasteiger partial charge in [0.25, 0.3) is 0 Å². The lowest BCUT2D eigenvalue weighted by molar-refractivity contribution is -0.0404. The normalized spacial score (nSPS) is 26.6. The van der Waals surface area contributed by atoms with Crippen LogP contribution in [0, 0.1) is 11.8 Å². The molecule has 2 atom stereocenters. The van der Waals surface area contributed by atoms with E-state index in [9.17, 15) is 5.11 Å². The molecule has 1 N–H and O–H groups in total. The molecule has 3 rings (SSSR count). The lowest BCUT2D eigenvalue weighted by Gasteiger charge is -2.36. The third-order valence-corrected chi connectivity index (χ3v) is 4.89. The third kappa shape index (κ3) is 2.97. The molecule has 0 bridgehead atoms. The number of hydrogen-bond acceptors (Lipinski definition) is 2. The summed E-state index contributed by atoms with van der Waals surface area (Å²) in [5.41, 5.74) is -0.145. The Hall–Kier alpha value is -0.990. The number of para-hydroxylation sites is 1. The number of fused-ring (bicyclic) bond motifs is 1. The third-order valence-electron chi connectivity index (χ3n) is 4.59. The average molecular weight is 307 g/mol. The van der Waals surface area contributed by atoms with Gasteiger partial charge >= 0.3 is 0 Å². The maximum Gasteiger partial charge on any atom is 0.153 e. The zero-order valence-corrected chi connectivity index (χ0v) is 13.5. The van der Waals surface area contributed by atoms with Gasteiger partial charge in [-0.3, -0.25) is 0 Å². The van der Waals surface area contributed by atoms with Crippen molar-refractivity contribution < 1.29 is 9.52 Å². The molecule has 1 heterocycles. The molecule has 1 aliphatic rings. The van der Waals surface area contributed by atoms with E-state index in [0.717, 1.165) is 24.6 Å². The van der Waals surface area contributed by atoms with Crippen molar-refractivity contribution in [2.75, 3.05) is 0 Å². The van der Waals surface area contributed by atoms with Crippen molar-refractivity contribution in [1.82, 2.24) is 0 Å². The molecule has 1 saturated carbocycles. The van der Waals surface area contributed by atoms with E-state index >= 15 is 0 Å². The molecule has 1 aromatic carbocycles. The second-order valence-electron chi connectivity index (χ2n) is 6.89. The highest BCUT2D eigenvalue weighted by atomic mass is 35.5. The maximum atomic E-state index is 11.1. The minimum absolute atomic E-state index is 0.576. The fourth-order valence-corrected chi connectivity index (χ4v) is 3.93. The van der Waals surface area contributed by atoms with Gasteiger partial charge in [0.05, 0.1) is 5.02 Å². The van der Waals surface area contributed by atoms with E-state index in [1.807, 2.05) is 24.3 Å². The van der Waals surface area contributed by atoms with Crippen molar-refractivity contribution in [2.24, 2.45) is 11.8 Å². The van der Waals surface area contributed by atoms with Crippen molar-refractivity contribution in [3.05, 3.63) is 35.0 Å². The van der Waals surface area contributed by atoms with Gasteiger partial charge < -0.3 is 9.52 Å². The topological polar surface area (TPSA) is 33.4 Å². The van der Waals surface area contributed by atoms with Gasteiger partial charge in [0.1, 0.15) is 11.4 Å². The second-order valence-corrected chi connectivity index (χ2v) is 7.30. The summed E-state index contributed by atoms with van der Waals surface area (Å²) in [5.74, 6) is 1.92. The molecular formula is C18H23ClO2. The van der Waals surface area contributed by atoms with E-state index in [0.29, 0.717) is 28.2 Å². The zero-order valence-electron chi connectivity index (χ0n) is 12.7. The van der Waals surface area contributed by atoms with Gasteiger partial charge in [-0.05, 0) is 49.7 Å². The first kappa shape index (κ1) is 14.9. The van der Waals surface area contributed by atoms with Crippen molar-refractivity contribution in [1.29, 1.82) is 0 Å². The van der Waals surface area contributed by atoms with Gasteiger partial charge in [0.2, 0.25) is 0 Å². The fraction of sp³-hybridized carbons (Fsp3) is 0.556. The van der Waals surface area contributed by atoms with Crippen LogP contribution in [0.25, 0.3) is 11.0 Å². The number of benzene rings is 1. The molecule has 2 unspecified atom stereocenters. The molecule has 2 nitrogen and oxygen atoms in total. The van der Waals surface area contributed by atoms with Crippen LogP contribution in [-0.4, -0.2) is 5.11 Å². The number of halogens is 1. The molecular weight excluding hydrogens is 284 g/mol. The van der Waals surface area contributed by atoms with Crippen LogP contribution < -0.4 is 0 Å². The summed E-state index contributed by atoms with van der Waals surface area (Å²) in [7, 11) is 0. The maximum absolute atomic E-state index is 11.1. The summed E-state index contributed by atoms with van der Waals surface area (Å²) in [6.07, 6.45) is 5.01. The minimum atomic E-state index is -0.833. The summed E-state index contributed by atoms with van der Waals surface area (Å²) in [6, 6.07) is 7.67. The van der Waals surface area contributed by atoms with Crippen LogP contribution >= 0.6 is 11.6 Å². The van der Waals surface area contributed by atoms with Crippen molar-refractivity contribution in [2.45, 2.75) is 51.6 Å². The van der Waals surface area contributed by atoms with Crippen molar-refractivity contribution in [3.63, 3.8) is 0 Å². The highest BCUT2D eigenvalue weighted by Gasteiger charge is 2.38. The molecule has 0 radical (unpaired) electrons. The van der Waals surface area contributed by atoms with Crippen LogP contribution in [0.1, 0.15) is 51.7 Å². The lowest BCUT2D eigenvalue weighted by Crippen LogP contribution is -2.32. The summed E-state index contributed by atoms with van der Waals surface area (Å²) in [4.78, 5) is 0. The molecule has 0 aliphatic heterocycles. The minimum Gasteiger partial charge on any atom is -0.456 e. The van der Waals surface area contributed by atoms with E-state index < -0.39 is 5.60 Å². The predicted molar refractivity (Wildman–Crippen MR) is 86.5 cm³/mol. The largest absolute Gasteiger partial charge is 0.456 e. The Bertz CT molecular complexity index is 631. The molecule has 1 fully saturated rings. The molecule has 21 heavy (non-hydrogen) atoms. The van der Waals surface area contributed by atoms with Gasteiger partial charge in [0, 0.05) is 5.39 Å². The van der Waals surface area contributed by atoms with Crippen LogP contribution in [0.2, 0.25) is 5.02 Å². The second kappa shape index (κ2) is 5.66. The fourth-order valence-electron chi connectivity index (χ4n) is 3.71. The number of rotatable bonds is 3. The monoisotopic (exact) mass is 306 g/mol. The highest BCUT2D eigenvalue weighted by Crippen LogP contribution is 2.44. The van der Waals surface area contributed by atoms with Gasteiger partial charge in [-0.15, -0.1) is 0 Å². The van der Waals surface area contributed by atoms with Crippen LogP contribution in [0.15, 0.2) is 28.7 Å². The zero-order chi connectivity index (χ0) is 15.0. The molecule has 0 saturated heterocycles. The van der Waals surface area contributed by atoms with E-state index in [4.69, 9.17) is 16.0 Å². The van der Waals surface area contributed by atoms with Crippen molar-refractivity contribution in [3.8, 4) is 0 Å². The SMILES string of the molecule is CC(C)CC1CCCC(O)(c2cc3cccc(Cl)c3o2)C1. The summed E-state index contributed by atoms with van der Waals surface area (Å²) >= 11 is 6.18. The predicted octanol–water partition coefficient (Wildman–Crippen LogP) is 5.51. The Morgan fingerprint density at radius 2 is 2.24 bits per heavy atom. The molecule has 1 aromatic heterocycles. The first-order chi connectivity index (χ1) is 9.98. The Labute approximate surface area is 131 Å². The number of hydrogen-bond donors (Lipinski definition) is 1. The Morgan fingerprint density at radius 1 is 1.43 bits per heavy atom. The number of aliphatic hydroxyl groups is 1. The molecule has 3 heteroatoms. The summed E-state index contributed by atoms with van der Waals surface area (Å²) < 4.78 is 5.91. The summed E-state index contributed by atoms with van der Waals surface area (Å²) in [6.45, 7) is 4.49. The highest BCUT2D eigenvalue weighted by molar-refractivity contribution is 6.34. The Balaban J connectivity index is 1.90. The van der Waals surface area contributed by atoms with E-state index in [1.54, 1.807) is 0 Å². The first-order valence-corrected chi connectivity index (χ1v) is 8.26. The molecule has 1 aliphatic carbocycles. The average Bonchev–Trinajstić information content (AvgIpc) is 2.84. The molecule has 2 aromatic rings. The van der Waals surface area contributed by atoms with Gasteiger partial charge in [0.15, 0.2) is 5.58 Å². The van der Waals surface area contributed by atoms with E-state index in [1.165, 1.54) is 12.8 Å². The van der Waals surface area contributed by atoms with Crippen molar-refractivity contribution >= 4 is 22.6 Å². The smallest absolute Gasteiger partial charge is 0.153 e. The van der Waals surface area contributed by atoms with Crippen LogP contribution in [0.3, 0.4) is 0 Å². The van der Waals surface area contributed by atoms with Gasteiger partial charge in [-0.25, -0.2) is 0 Å². The lowest BCUT2D eigenvalue weighted by atomic mass is 9.74. The first-order valence-electron chi connectivity index (χ1n) is 7.89. The van der Waals surface area contributed by atoms with E-state index in [2.05, 4.69) is 13.8 Å². The Morgan fingerprint density at radius 3 is 2.95 bits per heavy atom. The van der Waals surface area contributed by atoms with Crippen LogP contribution in [0.5, 0.6) is 0 Å². The number of furan rings is 1. The Kier molecular flexibility index (Phi) is 4.02.